The first-order valence-corrected chi connectivity index (χ1v) is 7.51. The molecule has 0 bridgehead atoms. The lowest BCUT2D eigenvalue weighted by Crippen LogP contribution is -2.39. The lowest BCUT2D eigenvalue weighted by Gasteiger charge is -2.18. The molecule has 2 rings (SSSR count). The summed E-state index contributed by atoms with van der Waals surface area (Å²) in [7, 11) is 1.83. The quantitative estimate of drug-likeness (QED) is 0.876. The second-order valence-corrected chi connectivity index (χ2v) is 5.54. The highest BCUT2D eigenvalue weighted by atomic mass is 32.2. The number of rotatable bonds is 4. The summed E-state index contributed by atoms with van der Waals surface area (Å²) in [5.74, 6) is -0.0712. The fourth-order valence-corrected chi connectivity index (χ4v) is 3.26. The first-order valence-electron chi connectivity index (χ1n) is 6.22. The van der Waals surface area contributed by atoms with Crippen LogP contribution in [-0.2, 0) is 0 Å². The SMILES string of the molecule is CNc1ccnc(C(=O)NC2CCCC2SC)c1. The number of nitrogens with one attached hydrogen (secondary N) is 2. The van der Waals surface area contributed by atoms with E-state index in [1.54, 1.807) is 12.3 Å². The van der Waals surface area contributed by atoms with E-state index in [9.17, 15) is 4.79 Å². The Balaban J connectivity index is 2.02. The average molecular weight is 265 g/mol. The first-order chi connectivity index (χ1) is 8.74. The topological polar surface area (TPSA) is 54.0 Å². The zero-order chi connectivity index (χ0) is 13.0. The molecule has 2 N–H and O–H groups in total. The maximum atomic E-state index is 12.1. The number of pyridine rings is 1. The highest BCUT2D eigenvalue weighted by Gasteiger charge is 2.28. The minimum atomic E-state index is -0.0712. The van der Waals surface area contributed by atoms with E-state index < -0.39 is 0 Å². The molecule has 98 valence electrons. The van der Waals surface area contributed by atoms with Gasteiger partial charge >= 0.3 is 0 Å². The molecule has 1 saturated carbocycles. The molecule has 0 saturated heterocycles. The van der Waals surface area contributed by atoms with Crippen molar-refractivity contribution in [3.8, 4) is 0 Å². The van der Waals surface area contributed by atoms with E-state index in [0.29, 0.717) is 10.9 Å². The Kier molecular flexibility index (Phi) is 4.47. The van der Waals surface area contributed by atoms with Crippen LogP contribution >= 0.6 is 11.8 Å². The van der Waals surface area contributed by atoms with E-state index in [-0.39, 0.29) is 11.9 Å². The van der Waals surface area contributed by atoms with Gasteiger partial charge in [0.25, 0.3) is 5.91 Å². The van der Waals surface area contributed by atoms with Crippen LogP contribution < -0.4 is 10.6 Å². The molecule has 2 atom stereocenters. The van der Waals surface area contributed by atoms with Crippen LogP contribution in [0.15, 0.2) is 18.3 Å². The van der Waals surface area contributed by atoms with Crippen molar-refractivity contribution in [3.05, 3.63) is 24.0 Å². The van der Waals surface area contributed by atoms with Crippen LogP contribution in [0.25, 0.3) is 0 Å². The summed E-state index contributed by atoms with van der Waals surface area (Å²) in [5, 5.41) is 6.65. The molecule has 2 unspecified atom stereocenters. The van der Waals surface area contributed by atoms with Gasteiger partial charge in [-0.2, -0.15) is 11.8 Å². The van der Waals surface area contributed by atoms with Crippen LogP contribution in [0.1, 0.15) is 29.8 Å². The smallest absolute Gasteiger partial charge is 0.270 e. The molecule has 0 aromatic carbocycles. The molecule has 1 aromatic heterocycles. The summed E-state index contributed by atoms with van der Waals surface area (Å²) < 4.78 is 0. The molecule has 5 heteroatoms. The van der Waals surface area contributed by atoms with E-state index in [1.165, 1.54) is 12.8 Å². The van der Waals surface area contributed by atoms with Gasteiger partial charge in [0, 0.05) is 30.2 Å². The number of thioether (sulfide) groups is 1. The van der Waals surface area contributed by atoms with Gasteiger partial charge in [0.1, 0.15) is 5.69 Å². The number of hydrogen-bond donors (Lipinski definition) is 2. The Labute approximate surface area is 112 Å². The number of carbonyl (C=O) groups excluding carboxylic acids is 1. The van der Waals surface area contributed by atoms with Crippen molar-refractivity contribution < 1.29 is 4.79 Å². The summed E-state index contributed by atoms with van der Waals surface area (Å²) in [6.45, 7) is 0. The first kappa shape index (κ1) is 13.2. The predicted octanol–water partition coefficient (Wildman–Crippen LogP) is 2.14. The number of carbonyl (C=O) groups is 1. The van der Waals surface area contributed by atoms with Gasteiger partial charge in [-0.25, -0.2) is 0 Å². The Morgan fingerprint density at radius 3 is 3.06 bits per heavy atom. The van der Waals surface area contributed by atoms with Crippen molar-refractivity contribution >= 4 is 23.4 Å². The van der Waals surface area contributed by atoms with Crippen molar-refractivity contribution in [2.24, 2.45) is 0 Å². The van der Waals surface area contributed by atoms with E-state index in [2.05, 4.69) is 21.9 Å². The highest BCUT2D eigenvalue weighted by Crippen LogP contribution is 2.28. The molecule has 0 spiro atoms. The molecular formula is C13H19N3OS. The highest BCUT2D eigenvalue weighted by molar-refractivity contribution is 7.99. The van der Waals surface area contributed by atoms with Crippen LogP contribution in [0.4, 0.5) is 5.69 Å². The van der Waals surface area contributed by atoms with Gasteiger partial charge in [0.15, 0.2) is 0 Å². The molecule has 0 aliphatic heterocycles. The van der Waals surface area contributed by atoms with Gasteiger partial charge < -0.3 is 10.6 Å². The Morgan fingerprint density at radius 2 is 2.33 bits per heavy atom. The Bertz CT molecular complexity index is 424. The normalized spacial score (nSPS) is 22.8. The molecule has 1 heterocycles. The standard InChI is InChI=1S/C13H19N3OS/c1-14-9-6-7-15-11(8-9)13(17)16-10-4-3-5-12(10)18-2/h6-8,10,12H,3-5H2,1-2H3,(H,14,15)(H,16,17). The van der Waals surface area contributed by atoms with Gasteiger partial charge in [-0.15, -0.1) is 0 Å². The van der Waals surface area contributed by atoms with Crippen molar-refractivity contribution in [2.75, 3.05) is 18.6 Å². The van der Waals surface area contributed by atoms with Gasteiger partial charge in [0.05, 0.1) is 0 Å². The van der Waals surface area contributed by atoms with Gasteiger partial charge in [-0.3, -0.25) is 9.78 Å². The fourth-order valence-electron chi connectivity index (χ4n) is 2.33. The van der Waals surface area contributed by atoms with Gasteiger partial charge in [0.2, 0.25) is 0 Å². The average Bonchev–Trinajstić information content (AvgIpc) is 2.86. The third kappa shape index (κ3) is 2.96. The van der Waals surface area contributed by atoms with E-state index >= 15 is 0 Å². The van der Waals surface area contributed by atoms with Crippen LogP contribution in [0, 0.1) is 0 Å². The number of hydrogen-bond acceptors (Lipinski definition) is 4. The minimum Gasteiger partial charge on any atom is -0.388 e. The largest absolute Gasteiger partial charge is 0.388 e. The zero-order valence-electron chi connectivity index (χ0n) is 10.8. The van der Waals surface area contributed by atoms with Crippen LogP contribution in [0.3, 0.4) is 0 Å². The molecule has 1 aromatic rings. The summed E-state index contributed by atoms with van der Waals surface area (Å²) >= 11 is 1.84. The van der Waals surface area contributed by atoms with Crippen molar-refractivity contribution in [2.45, 2.75) is 30.6 Å². The van der Waals surface area contributed by atoms with E-state index in [1.807, 2.05) is 24.9 Å². The molecule has 0 radical (unpaired) electrons. The Hall–Kier alpha value is -1.23. The third-order valence-electron chi connectivity index (χ3n) is 3.35. The second-order valence-electron chi connectivity index (χ2n) is 4.46. The van der Waals surface area contributed by atoms with Crippen molar-refractivity contribution in [1.82, 2.24) is 10.3 Å². The monoisotopic (exact) mass is 265 g/mol. The maximum absolute atomic E-state index is 12.1. The fraction of sp³-hybridized carbons (Fsp3) is 0.538. The molecule has 1 amide bonds. The van der Waals surface area contributed by atoms with Crippen molar-refractivity contribution in [3.63, 3.8) is 0 Å². The van der Waals surface area contributed by atoms with E-state index in [0.717, 1.165) is 12.1 Å². The summed E-state index contributed by atoms with van der Waals surface area (Å²) in [6, 6.07) is 3.91. The maximum Gasteiger partial charge on any atom is 0.270 e. The van der Waals surface area contributed by atoms with Crippen LogP contribution in [0.5, 0.6) is 0 Å². The number of aromatic nitrogens is 1. The van der Waals surface area contributed by atoms with Gasteiger partial charge in [-0.1, -0.05) is 6.42 Å². The lowest BCUT2D eigenvalue weighted by atomic mass is 10.2. The predicted molar refractivity (Wildman–Crippen MR) is 76.2 cm³/mol. The van der Waals surface area contributed by atoms with Crippen molar-refractivity contribution in [1.29, 1.82) is 0 Å². The molecule has 18 heavy (non-hydrogen) atoms. The van der Waals surface area contributed by atoms with Crippen LogP contribution in [0.2, 0.25) is 0 Å². The summed E-state index contributed by atoms with van der Waals surface area (Å²) in [4.78, 5) is 16.2. The lowest BCUT2D eigenvalue weighted by molar-refractivity contribution is 0.0933. The number of nitrogens with zero attached hydrogens (tertiary/aromatic N) is 1. The van der Waals surface area contributed by atoms with Gasteiger partial charge in [-0.05, 0) is 31.2 Å². The van der Waals surface area contributed by atoms with E-state index in [4.69, 9.17) is 0 Å². The zero-order valence-corrected chi connectivity index (χ0v) is 11.6. The molecule has 1 fully saturated rings. The third-order valence-corrected chi connectivity index (χ3v) is 4.52. The number of amides is 1. The molecule has 4 nitrogen and oxygen atoms in total. The summed E-state index contributed by atoms with van der Waals surface area (Å²) in [6.07, 6.45) is 7.22. The van der Waals surface area contributed by atoms with Crippen LogP contribution in [-0.4, -0.2) is 35.5 Å². The molecule has 1 aliphatic carbocycles. The minimum absolute atomic E-state index is 0.0712. The molecular weight excluding hydrogens is 246 g/mol. The molecule has 1 aliphatic rings. The number of anilines is 1. The second kappa shape index (κ2) is 6.09. The Morgan fingerprint density at radius 1 is 1.50 bits per heavy atom. The summed E-state index contributed by atoms with van der Waals surface area (Å²) in [5.41, 5.74) is 1.39.